The Morgan fingerprint density at radius 3 is 2.62 bits per heavy atom. The number of rotatable bonds is 13. The van der Waals surface area contributed by atoms with Gasteiger partial charge in [-0.3, -0.25) is 4.72 Å². The molecule has 2 atom stereocenters. The van der Waals surface area contributed by atoms with Crippen molar-refractivity contribution in [2.24, 2.45) is 5.92 Å². The summed E-state index contributed by atoms with van der Waals surface area (Å²) in [5.74, 6) is 1.87. The van der Waals surface area contributed by atoms with Crippen LogP contribution in [0.1, 0.15) is 55.8 Å². The Bertz CT molecular complexity index is 1770. The molecule has 1 fully saturated rings. The molecule has 4 aromatic rings. The summed E-state index contributed by atoms with van der Waals surface area (Å²) in [7, 11) is -3.88. The summed E-state index contributed by atoms with van der Waals surface area (Å²) >= 11 is 0. The van der Waals surface area contributed by atoms with Crippen LogP contribution < -0.4 is 26.2 Å². The van der Waals surface area contributed by atoms with Gasteiger partial charge < -0.3 is 20.9 Å². The normalized spacial score (nSPS) is 17.2. The van der Waals surface area contributed by atoms with Crippen molar-refractivity contribution in [2.45, 2.75) is 68.6 Å². The number of nitrogens with one attached hydrogen (secondary N) is 2. The van der Waals surface area contributed by atoms with Crippen LogP contribution in [0.3, 0.4) is 0 Å². The van der Waals surface area contributed by atoms with Crippen LogP contribution in [0.2, 0.25) is 0 Å². The molecule has 14 heteroatoms. The van der Waals surface area contributed by atoms with Crippen molar-refractivity contribution < 1.29 is 18.3 Å². The van der Waals surface area contributed by atoms with Crippen LogP contribution in [0, 0.1) is 5.92 Å². The second-order valence-corrected chi connectivity index (χ2v) is 13.4. The van der Waals surface area contributed by atoms with E-state index in [4.69, 9.17) is 10.5 Å². The summed E-state index contributed by atoms with van der Waals surface area (Å²) in [6.45, 7) is 1.41. The van der Waals surface area contributed by atoms with Gasteiger partial charge in [-0.1, -0.05) is 25.3 Å². The molecule has 2 aromatic carbocycles. The van der Waals surface area contributed by atoms with E-state index < -0.39 is 16.1 Å². The van der Waals surface area contributed by atoms with Gasteiger partial charge in [0.15, 0.2) is 0 Å². The lowest BCUT2D eigenvalue weighted by atomic mass is 9.82. The number of ether oxygens (including phenoxy) is 1. The van der Waals surface area contributed by atoms with Crippen LogP contribution in [-0.4, -0.2) is 57.5 Å². The van der Waals surface area contributed by atoms with Crippen molar-refractivity contribution in [3.8, 4) is 11.4 Å². The molecule has 0 bridgehead atoms. The maximum atomic E-state index is 13.2. The van der Waals surface area contributed by atoms with Gasteiger partial charge in [-0.15, -0.1) is 0 Å². The number of pyridine rings is 1. The molecule has 238 valence electrons. The number of anilines is 2. The molecule has 0 saturated heterocycles. The maximum Gasteiger partial charge on any atom is 0.368 e. The number of nitrogens with zero attached hydrogens (tertiary/aromatic N) is 5. The smallest absolute Gasteiger partial charge is 0.368 e. The molecule has 2 aliphatic rings. The molecule has 1 aliphatic carbocycles. The molecular formula is C31H38N8O5S. The van der Waals surface area contributed by atoms with Crippen molar-refractivity contribution in [3.05, 3.63) is 82.4 Å². The van der Waals surface area contributed by atoms with E-state index in [0.717, 1.165) is 30.7 Å². The van der Waals surface area contributed by atoms with Crippen molar-refractivity contribution in [2.75, 3.05) is 23.5 Å². The summed E-state index contributed by atoms with van der Waals surface area (Å²) in [6.07, 6.45) is 8.02. The molecular weight excluding hydrogens is 596 g/mol. The first-order chi connectivity index (χ1) is 21.7. The van der Waals surface area contributed by atoms with Crippen LogP contribution in [0.15, 0.2) is 70.5 Å². The van der Waals surface area contributed by atoms with Gasteiger partial charge in [0.25, 0.3) is 10.0 Å². The first-order valence-corrected chi connectivity index (χ1v) is 16.8. The Kier molecular flexibility index (Phi) is 9.14. The number of sulfonamides is 1. The quantitative estimate of drug-likeness (QED) is 0.171. The minimum atomic E-state index is -3.88. The van der Waals surface area contributed by atoms with Gasteiger partial charge >= 0.3 is 5.69 Å². The first kappa shape index (κ1) is 30.7. The second kappa shape index (κ2) is 13.4. The summed E-state index contributed by atoms with van der Waals surface area (Å²) in [5, 5.41) is 21.6. The number of aliphatic hydroxyl groups is 1. The van der Waals surface area contributed by atoms with E-state index >= 15 is 0 Å². The molecule has 3 heterocycles. The third kappa shape index (κ3) is 7.35. The lowest BCUT2D eigenvalue weighted by molar-refractivity contribution is 0.146. The van der Waals surface area contributed by atoms with Gasteiger partial charge in [-0.25, -0.2) is 18.2 Å². The number of aromatic nitrogens is 5. The van der Waals surface area contributed by atoms with E-state index in [0.29, 0.717) is 54.6 Å². The van der Waals surface area contributed by atoms with Crippen LogP contribution in [0.4, 0.5) is 11.5 Å². The Morgan fingerprint density at radius 2 is 1.89 bits per heavy atom. The summed E-state index contributed by atoms with van der Waals surface area (Å²) in [6, 6.07) is 14.6. The molecule has 13 nitrogen and oxygen atoms in total. The molecule has 0 amide bonds. The summed E-state index contributed by atoms with van der Waals surface area (Å²) < 4.78 is 37.6. The number of aryl methyl sites for hydroxylation is 2. The highest BCUT2D eigenvalue weighted by Crippen LogP contribution is 2.31. The predicted octanol–water partition coefficient (Wildman–Crippen LogP) is 2.80. The minimum absolute atomic E-state index is 0.0595. The van der Waals surface area contributed by atoms with E-state index in [1.807, 2.05) is 0 Å². The van der Waals surface area contributed by atoms with Crippen molar-refractivity contribution in [1.82, 2.24) is 30.1 Å². The Balaban J connectivity index is 1.02. The number of fused-ring (bicyclic) bond motifs is 1. The molecule has 0 spiro atoms. The topological polar surface area (TPSA) is 179 Å². The van der Waals surface area contributed by atoms with Gasteiger partial charge in [0.05, 0.1) is 16.7 Å². The monoisotopic (exact) mass is 634 g/mol. The Labute approximate surface area is 261 Å². The predicted molar refractivity (Wildman–Crippen MR) is 169 cm³/mol. The van der Waals surface area contributed by atoms with Gasteiger partial charge in [-0.2, -0.15) is 9.36 Å². The highest BCUT2D eigenvalue weighted by molar-refractivity contribution is 7.92. The fourth-order valence-corrected chi connectivity index (χ4v) is 6.68. The molecule has 45 heavy (non-hydrogen) atoms. The number of hydrogen-bond acceptors (Lipinski definition) is 10. The molecule has 1 saturated carbocycles. The average Bonchev–Trinajstić information content (AvgIpc) is 3.38. The SMILES string of the molecule is Nc1ccc(C(O)CNCC2CCc3cc(NS(=O)(=O)c4ccc(-n5nnn(CCCC6CCC6)c5=O)cc4)ccc3O2)cn1. The highest BCUT2D eigenvalue weighted by atomic mass is 32.2. The molecule has 6 rings (SSSR count). The van der Waals surface area contributed by atoms with E-state index in [1.165, 1.54) is 40.8 Å². The maximum absolute atomic E-state index is 13.2. The summed E-state index contributed by atoms with van der Waals surface area (Å²) in [4.78, 5) is 16.8. The third-order valence-corrected chi connectivity index (χ3v) is 9.88. The van der Waals surface area contributed by atoms with Crippen molar-refractivity contribution in [3.63, 3.8) is 0 Å². The van der Waals surface area contributed by atoms with E-state index in [2.05, 4.69) is 25.4 Å². The van der Waals surface area contributed by atoms with Gasteiger partial charge in [0.2, 0.25) is 0 Å². The third-order valence-electron chi connectivity index (χ3n) is 8.48. The van der Waals surface area contributed by atoms with Crippen LogP contribution >= 0.6 is 0 Å². The zero-order valence-electron chi connectivity index (χ0n) is 24.9. The Hall–Kier alpha value is -4.27. The molecule has 0 radical (unpaired) electrons. The lowest BCUT2D eigenvalue weighted by Crippen LogP contribution is -2.36. The molecule has 1 aliphatic heterocycles. The van der Waals surface area contributed by atoms with Gasteiger partial charge in [0.1, 0.15) is 17.7 Å². The first-order valence-electron chi connectivity index (χ1n) is 15.3. The number of tetrazole rings is 1. The number of benzene rings is 2. The van der Waals surface area contributed by atoms with E-state index in [1.54, 1.807) is 48.7 Å². The second-order valence-electron chi connectivity index (χ2n) is 11.7. The van der Waals surface area contributed by atoms with Crippen LogP contribution in [-0.2, 0) is 23.0 Å². The molecule has 5 N–H and O–H groups in total. The fraction of sp³-hybridized carbons (Fsp3) is 0.419. The van der Waals surface area contributed by atoms with Crippen molar-refractivity contribution in [1.29, 1.82) is 0 Å². The van der Waals surface area contributed by atoms with Gasteiger partial charge in [0, 0.05) is 37.1 Å². The zero-order valence-corrected chi connectivity index (χ0v) is 25.7. The molecule has 2 unspecified atom stereocenters. The number of nitrogens with two attached hydrogens (primary N) is 1. The number of aliphatic hydroxyl groups excluding tert-OH is 1. The lowest BCUT2D eigenvalue weighted by Gasteiger charge is -2.27. The minimum Gasteiger partial charge on any atom is -0.489 e. The Morgan fingerprint density at radius 1 is 1.07 bits per heavy atom. The summed E-state index contributed by atoms with van der Waals surface area (Å²) in [5.41, 5.74) is 7.72. The van der Waals surface area contributed by atoms with Gasteiger partial charge in [-0.05, 0) is 96.1 Å². The standard InChI is InChI=1S/C31H38N8O5S/c32-30-15-7-23(18-34-30)28(40)20-33-19-26-11-6-22-17-24(8-14-29(22)44-26)35-45(42,43)27-12-9-25(10-13-27)39-31(41)38(36-37-39)16-2-5-21-3-1-4-21/h7-10,12-15,17-18,21,26,28,33,35,40H,1-6,11,16,19-20H2,(H2,32,34). The fourth-order valence-electron chi connectivity index (χ4n) is 5.63. The van der Waals surface area contributed by atoms with Crippen LogP contribution in [0.5, 0.6) is 5.75 Å². The highest BCUT2D eigenvalue weighted by Gasteiger charge is 2.22. The average molecular weight is 635 g/mol. The van der Waals surface area contributed by atoms with E-state index in [-0.39, 0.29) is 16.7 Å². The van der Waals surface area contributed by atoms with Crippen LogP contribution in [0.25, 0.3) is 5.69 Å². The number of nitrogen functional groups attached to an aromatic ring is 1. The number of hydrogen-bond donors (Lipinski definition) is 4. The van der Waals surface area contributed by atoms with Crippen molar-refractivity contribution >= 4 is 21.5 Å². The molecule has 2 aromatic heterocycles. The van der Waals surface area contributed by atoms with E-state index in [9.17, 15) is 18.3 Å². The zero-order chi connectivity index (χ0) is 31.4. The largest absolute Gasteiger partial charge is 0.489 e.